The van der Waals surface area contributed by atoms with E-state index in [-0.39, 0.29) is 0 Å². The minimum atomic E-state index is 0.444. The topological polar surface area (TPSA) is 35.8 Å². The maximum atomic E-state index is 8.81. The van der Waals surface area contributed by atoms with E-state index in [1.54, 1.807) is 0 Å². The van der Waals surface area contributed by atoms with Crippen LogP contribution < -0.4 is 5.32 Å². The summed E-state index contributed by atoms with van der Waals surface area (Å²) in [5.41, 5.74) is 1.72. The molecule has 0 aliphatic carbocycles. The van der Waals surface area contributed by atoms with Gasteiger partial charge in [-0.1, -0.05) is 13.8 Å². The van der Waals surface area contributed by atoms with E-state index in [1.165, 1.54) is 0 Å². The lowest BCUT2D eigenvalue weighted by atomic mass is 10.0. The van der Waals surface area contributed by atoms with Crippen molar-refractivity contribution >= 4 is 21.6 Å². The SMILES string of the molecule is CC(C)CC(C)Nc1ccc(C#N)c(Br)c1. The van der Waals surface area contributed by atoms with Crippen LogP contribution in [0.2, 0.25) is 0 Å². The molecule has 1 atom stereocenters. The highest BCUT2D eigenvalue weighted by atomic mass is 79.9. The molecule has 0 heterocycles. The average Bonchev–Trinajstić information content (AvgIpc) is 2.16. The zero-order valence-electron chi connectivity index (χ0n) is 9.92. The molecule has 1 N–H and O–H groups in total. The number of nitrogens with zero attached hydrogens (tertiary/aromatic N) is 1. The number of nitrogens with one attached hydrogen (secondary N) is 1. The van der Waals surface area contributed by atoms with Gasteiger partial charge in [0.2, 0.25) is 0 Å². The maximum Gasteiger partial charge on any atom is 0.100 e. The van der Waals surface area contributed by atoms with Gasteiger partial charge in [0.05, 0.1) is 5.56 Å². The van der Waals surface area contributed by atoms with Crippen LogP contribution in [0.15, 0.2) is 22.7 Å². The van der Waals surface area contributed by atoms with Crippen LogP contribution in [0.3, 0.4) is 0 Å². The van der Waals surface area contributed by atoms with Crippen molar-refractivity contribution in [1.82, 2.24) is 0 Å². The molecule has 1 unspecified atom stereocenters. The first kappa shape index (κ1) is 13.1. The van der Waals surface area contributed by atoms with Crippen molar-refractivity contribution in [1.29, 1.82) is 5.26 Å². The molecule has 0 bridgehead atoms. The van der Waals surface area contributed by atoms with E-state index >= 15 is 0 Å². The Balaban J connectivity index is 2.69. The van der Waals surface area contributed by atoms with Gasteiger partial charge in [-0.05, 0) is 53.4 Å². The van der Waals surface area contributed by atoms with Crippen LogP contribution in [-0.4, -0.2) is 6.04 Å². The van der Waals surface area contributed by atoms with Crippen molar-refractivity contribution in [2.75, 3.05) is 5.32 Å². The van der Waals surface area contributed by atoms with E-state index in [0.29, 0.717) is 17.5 Å². The summed E-state index contributed by atoms with van der Waals surface area (Å²) in [4.78, 5) is 0. The van der Waals surface area contributed by atoms with Gasteiger partial charge in [0, 0.05) is 16.2 Å². The molecule has 0 spiro atoms. The molecule has 0 aromatic heterocycles. The van der Waals surface area contributed by atoms with Crippen LogP contribution in [-0.2, 0) is 0 Å². The molecule has 0 radical (unpaired) electrons. The smallest absolute Gasteiger partial charge is 0.100 e. The average molecular weight is 281 g/mol. The van der Waals surface area contributed by atoms with Crippen molar-refractivity contribution in [3.63, 3.8) is 0 Å². The summed E-state index contributed by atoms with van der Waals surface area (Å²) in [5, 5.41) is 12.2. The highest BCUT2D eigenvalue weighted by Gasteiger charge is 2.06. The van der Waals surface area contributed by atoms with E-state index in [4.69, 9.17) is 5.26 Å². The zero-order chi connectivity index (χ0) is 12.1. The van der Waals surface area contributed by atoms with Gasteiger partial charge in [-0.25, -0.2) is 0 Å². The van der Waals surface area contributed by atoms with Gasteiger partial charge in [-0.15, -0.1) is 0 Å². The van der Waals surface area contributed by atoms with Gasteiger partial charge >= 0.3 is 0 Å². The Kier molecular flexibility index (Phi) is 4.82. The number of nitriles is 1. The molecular weight excluding hydrogens is 264 g/mol. The van der Waals surface area contributed by atoms with Crippen LogP contribution in [0.5, 0.6) is 0 Å². The molecule has 1 aromatic carbocycles. The lowest BCUT2D eigenvalue weighted by Crippen LogP contribution is -2.17. The molecule has 1 aromatic rings. The molecular formula is C13H17BrN2. The Morgan fingerprint density at radius 2 is 2.06 bits per heavy atom. The van der Waals surface area contributed by atoms with Gasteiger partial charge in [0.1, 0.15) is 6.07 Å². The van der Waals surface area contributed by atoms with E-state index in [2.05, 4.69) is 48.1 Å². The Labute approximate surface area is 106 Å². The molecule has 0 saturated heterocycles. The molecule has 86 valence electrons. The number of anilines is 1. The van der Waals surface area contributed by atoms with Crippen molar-refractivity contribution in [2.24, 2.45) is 5.92 Å². The van der Waals surface area contributed by atoms with Crippen molar-refractivity contribution in [2.45, 2.75) is 33.2 Å². The third kappa shape index (κ3) is 3.86. The zero-order valence-corrected chi connectivity index (χ0v) is 11.5. The number of rotatable bonds is 4. The van der Waals surface area contributed by atoms with Crippen LogP contribution >= 0.6 is 15.9 Å². The van der Waals surface area contributed by atoms with Gasteiger partial charge in [-0.2, -0.15) is 5.26 Å². The first-order valence-corrected chi connectivity index (χ1v) is 6.28. The highest BCUT2D eigenvalue weighted by Crippen LogP contribution is 2.22. The fourth-order valence-electron chi connectivity index (χ4n) is 1.75. The lowest BCUT2D eigenvalue weighted by molar-refractivity contribution is 0.540. The third-order valence-electron chi connectivity index (χ3n) is 2.33. The van der Waals surface area contributed by atoms with E-state index in [0.717, 1.165) is 16.6 Å². The van der Waals surface area contributed by atoms with E-state index < -0.39 is 0 Å². The quantitative estimate of drug-likeness (QED) is 0.899. The molecule has 0 aliphatic heterocycles. The Hall–Kier alpha value is -1.01. The molecule has 0 aliphatic rings. The first-order chi connectivity index (χ1) is 7.52. The predicted molar refractivity (Wildman–Crippen MR) is 71.4 cm³/mol. The van der Waals surface area contributed by atoms with Crippen molar-refractivity contribution < 1.29 is 0 Å². The number of halogens is 1. The monoisotopic (exact) mass is 280 g/mol. The second kappa shape index (κ2) is 5.91. The fourth-order valence-corrected chi connectivity index (χ4v) is 2.21. The summed E-state index contributed by atoms with van der Waals surface area (Å²) in [6.45, 7) is 6.60. The molecule has 0 saturated carbocycles. The summed E-state index contributed by atoms with van der Waals surface area (Å²) in [6.07, 6.45) is 1.14. The number of hydrogen-bond acceptors (Lipinski definition) is 2. The van der Waals surface area contributed by atoms with Crippen LogP contribution in [0.25, 0.3) is 0 Å². The summed E-state index contributed by atoms with van der Waals surface area (Å²) >= 11 is 3.39. The second-order valence-corrected chi connectivity index (χ2v) is 5.34. The summed E-state index contributed by atoms with van der Waals surface area (Å²) < 4.78 is 0.844. The summed E-state index contributed by atoms with van der Waals surface area (Å²) in [7, 11) is 0. The molecule has 1 rings (SSSR count). The molecule has 0 amide bonds. The predicted octanol–water partition coefficient (Wildman–Crippen LogP) is 4.17. The standard InChI is InChI=1S/C13H17BrN2/c1-9(2)6-10(3)16-12-5-4-11(8-15)13(14)7-12/h4-5,7,9-10,16H,6H2,1-3H3. The third-order valence-corrected chi connectivity index (χ3v) is 2.98. The lowest BCUT2D eigenvalue weighted by Gasteiger charge is -2.17. The summed E-state index contributed by atoms with van der Waals surface area (Å²) in [5.74, 6) is 0.685. The van der Waals surface area contributed by atoms with Gasteiger partial charge in [0.25, 0.3) is 0 Å². The molecule has 3 heteroatoms. The van der Waals surface area contributed by atoms with Crippen molar-refractivity contribution in [3.8, 4) is 6.07 Å². The van der Waals surface area contributed by atoms with Gasteiger partial charge in [-0.3, -0.25) is 0 Å². The van der Waals surface area contributed by atoms with E-state index in [1.807, 2.05) is 18.2 Å². The Morgan fingerprint density at radius 3 is 2.56 bits per heavy atom. The van der Waals surface area contributed by atoms with Crippen LogP contribution in [0.4, 0.5) is 5.69 Å². The van der Waals surface area contributed by atoms with Crippen LogP contribution in [0.1, 0.15) is 32.8 Å². The Bertz CT molecular complexity index is 393. The van der Waals surface area contributed by atoms with E-state index in [9.17, 15) is 0 Å². The second-order valence-electron chi connectivity index (χ2n) is 4.48. The Morgan fingerprint density at radius 1 is 1.38 bits per heavy atom. The molecule has 0 fully saturated rings. The first-order valence-electron chi connectivity index (χ1n) is 5.49. The minimum absolute atomic E-state index is 0.444. The van der Waals surface area contributed by atoms with Crippen molar-refractivity contribution in [3.05, 3.63) is 28.2 Å². The summed E-state index contributed by atoms with van der Waals surface area (Å²) in [6, 6.07) is 8.30. The molecule has 2 nitrogen and oxygen atoms in total. The minimum Gasteiger partial charge on any atom is -0.383 e. The molecule has 16 heavy (non-hydrogen) atoms. The highest BCUT2D eigenvalue weighted by molar-refractivity contribution is 9.10. The number of benzene rings is 1. The largest absolute Gasteiger partial charge is 0.383 e. The normalized spacial score (nSPS) is 12.2. The van der Waals surface area contributed by atoms with Gasteiger partial charge in [0.15, 0.2) is 0 Å². The van der Waals surface area contributed by atoms with Gasteiger partial charge < -0.3 is 5.32 Å². The fraction of sp³-hybridized carbons (Fsp3) is 0.462. The number of hydrogen-bond donors (Lipinski definition) is 1. The van der Waals surface area contributed by atoms with Crippen LogP contribution in [0, 0.1) is 17.2 Å². The maximum absolute atomic E-state index is 8.81.